The monoisotopic (exact) mass is 689 g/mol. The first-order chi connectivity index (χ1) is 20.1. The van der Waals surface area contributed by atoms with Crippen molar-refractivity contribution in [3.63, 3.8) is 0 Å². The summed E-state index contributed by atoms with van der Waals surface area (Å²) in [6.45, 7) is 1.55. The van der Waals surface area contributed by atoms with E-state index >= 15 is 0 Å². The number of aryl methyl sites for hydroxylation is 1. The van der Waals surface area contributed by atoms with E-state index in [1.165, 1.54) is 31.5 Å². The Balaban J connectivity index is 1.49. The van der Waals surface area contributed by atoms with Gasteiger partial charge in [-0.3, -0.25) is 9.10 Å². The lowest BCUT2D eigenvalue weighted by molar-refractivity contribution is -0.119. The molecule has 0 aliphatic rings. The van der Waals surface area contributed by atoms with Crippen molar-refractivity contribution in [1.82, 2.24) is 5.43 Å². The number of hydrogen-bond donors (Lipinski definition) is 1. The minimum Gasteiger partial charge on any atom is -0.493 e. The number of methoxy groups -OCH3 is 1. The third-order valence-corrected chi connectivity index (χ3v) is 8.96. The predicted octanol–water partition coefficient (Wildman–Crippen LogP) is 7.00. The van der Waals surface area contributed by atoms with Gasteiger partial charge in [0.05, 0.1) is 28.4 Å². The van der Waals surface area contributed by atoms with Crippen LogP contribution in [0.2, 0.25) is 10.0 Å². The van der Waals surface area contributed by atoms with Crippen molar-refractivity contribution >= 4 is 67.0 Å². The molecular formula is C30H26BrCl2N3O5S. The summed E-state index contributed by atoms with van der Waals surface area (Å²) in [5.74, 6) is 0.241. The number of amides is 1. The number of carbonyl (C=O) groups is 1. The van der Waals surface area contributed by atoms with Crippen LogP contribution in [-0.2, 0) is 21.4 Å². The number of anilines is 1. The molecule has 0 spiro atoms. The molecule has 42 heavy (non-hydrogen) atoms. The fourth-order valence-electron chi connectivity index (χ4n) is 3.85. The van der Waals surface area contributed by atoms with Gasteiger partial charge in [0.2, 0.25) is 0 Å². The van der Waals surface area contributed by atoms with E-state index in [1.54, 1.807) is 48.5 Å². The molecule has 0 saturated heterocycles. The number of carbonyl (C=O) groups excluding carboxylic acids is 1. The van der Waals surface area contributed by atoms with Gasteiger partial charge in [-0.1, -0.05) is 65.2 Å². The van der Waals surface area contributed by atoms with E-state index in [0.29, 0.717) is 31.6 Å². The number of halogens is 3. The number of sulfonamides is 1. The Hall–Kier alpha value is -3.57. The molecule has 0 radical (unpaired) electrons. The lowest BCUT2D eigenvalue weighted by Gasteiger charge is -2.24. The van der Waals surface area contributed by atoms with E-state index < -0.39 is 22.5 Å². The molecule has 0 saturated carbocycles. The summed E-state index contributed by atoms with van der Waals surface area (Å²) in [7, 11) is -2.58. The Morgan fingerprint density at radius 3 is 2.45 bits per heavy atom. The SMILES string of the molecule is COc1cc(/C=N\NC(=O)CN(c2cccc(Cl)c2)S(=O)(=O)c2ccc(C)cc2)cc(Br)c1OCc1ccccc1Cl. The van der Waals surface area contributed by atoms with Gasteiger partial charge in [-0.2, -0.15) is 5.10 Å². The van der Waals surface area contributed by atoms with Crippen LogP contribution in [0.25, 0.3) is 0 Å². The molecule has 0 bridgehead atoms. The quantitative estimate of drug-likeness (QED) is 0.135. The molecule has 0 aliphatic carbocycles. The summed E-state index contributed by atoms with van der Waals surface area (Å²) in [4.78, 5) is 12.9. The van der Waals surface area contributed by atoms with Crippen molar-refractivity contribution in [2.24, 2.45) is 5.10 Å². The average Bonchev–Trinajstić information content (AvgIpc) is 2.96. The van der Waals surface area contributed by atoms with Gasteiger partial charge < -0.3 is 9.47 Å². The first-order valence-electron chi connectivity index (χ1n) is 12.5. The lowest BCUT2D eigenvalue weighted by Crippen LogP contribution is -2.39. The minimum absolute atomic E-state index is 0.0400. The first-order valence-corrected chi connectivity index (χ1v) is 15.5. The topological polar surface area (TPSA) is 97.3 Å². The molecule has 4 aromatic rings. The number of nitrogens with zero attached hydrogens (tertiary/aromatic N) is 2. The zero-order chi connectivity index (χ0) is 30.3. The molecule has 0 aliphatic heterocycles. The molecule has 1 amide bonds. The van der Waals surface area contributed by atoms with Crippen LogP contribution in [0, 0.1) is 6.92 Å². The van der Waals surface area contributed by atoms with Crippen LogP contribution in [-0.4, -0.2) is 34.2 Å². The van der Waals surface area contributed by atoms with E-state index in [1.807, 2.05) is 25.1 Å². The largest absolute Gasteiger partial charge is 0.493 e. The number of hydrazone groups is 1. The van der Waals surface area contributed by atoms with Crippen LogP contribution in [0.1, 0.15) is 16.7 Å². The zero-order valence-electron chi connectivity index (χ0n) is 22.6. The van der Waals surface area contributed by atoms with Gasteiger partial charge >= 0.3 is 0 Å². The molecule has 0 atom stereocenters. The van der Waals surface area contributed by atoms with Gasteiger partial charge in [0.25, 0.3) is 15.9 Å². The molecule has 12 heteroatoms. The van der Waals surface area contributed by atoms with E-state index in [9.17, 15) is 13.2 Å². The van der Waals surface area contributed by atoms with Crippen molar-refractivity contribution in [1.29, 1.82) is 0 Å². The molecule has 8 nitrogen and oxygen atoms in total. The van der Waals surface area contributed by atoms with E-state index in [2.05, 4.69) is 26.5 Å². The molecule has 0 fully saturated rings. The van der Waals surface area contributed by atoms with Crippen LogP contribution in [0.5, 0.6) is 11.5 Å². The molecule has 218 valence electrons. The Kier molecular flexibility index (Phi) is 10.5. The first kappa shape index (κ1) is 31.4. The lowest BCUT2D eigenvalue weighted by atomic mass is 10.2. The van der Waals surface area contributed by atoms with Gasteiger partial charge in [-0.05, 0) is 76.9 Å². The third-order valence-electron chi connectivity index (χ3n) is 5.98. The number of hydrogen-bond acceptors (Lipinski definition) is 6. The molecule has 0 unspecified atom stereocenters. The Morgan fingerprint density at radius 1 is 1.02 bits per heavy atom. The fraction of sp³-hybridized carbons (Fsp3) is 0.133. The van der Waals surface area contributed by atoms with Gasteiger partial charge in [0, 0.05) is 15.6 Å². The normalized spacial score (nSPS) is 11.4. The van der Waals surface area contributed by atoms with Crippen LogP contribution < -0.4 is 19.2 Å². The van der Waals surface area contributed by atoms with Crippen molar-refractivity contribution in [3.8, 4) is 11.5 Å². The molecular weight excluding hydrogens is 665 g/mol. The number of nitrogens with one attached hydrogen (secondary N) is 1. The van der Waals surface area contributed by atoms with E-state index in [-0.39, 0.29) is 17.2 Å². The van der Waals surface area contributed by atoms with Crippen LogP contribution in [0.3, 0.4) is 0 Å². The van der Waals surface area contributed by atoms with Crippen molar-refractivity contribution < 1.29 is 22.7 Å². The molecule has 4 rings (SSSR count). The highest BCUT2D eigenvalue weighted by molar-refractivity contribution is 9.10. The summed E-state index contributed by atoms with van der Waals surface area (Å²) in [6, 6.07) is 23.4. The molecule has 0 heterocycles. The second kappa shape index (κ2) is 14.1. The third kappa shape index (κ3) is 7.83. The highest BCUT2D eigenvalue weighted by atomic mass is 79.9. The number of benzene rings is 4. The second-order valence-corrected chi connectivity index (χ2v) is 12.6. The van der Waals surface area contributed by atoms with E-state index in [4.69, 9.17) is 32.7 Å². The Bertz CT molecular complexity index is 1720. The van der Waals surface area contributed by atoms with Crippen LogP contribution >= 0.6 is 39.1 Å². The highest BCUT2D eigenvalue weighted by Crippen LogP contribution is 2.37. The standard InChI is InChI=1S/C30H26BrCl2N3O5S/c1-20-10-12-25(13-11-20)42(38,39)36(24-8-5-7-23(32)16-24)18-29(37)35-34-17-21-14-26(31)30(28(15-21)40-2)41-19-22-6-3-4-9-27(22)33/h3-17H,18-19H2,1-2H3,(H,35,37)/b34-17-. The van der Waals surface area contributed by atoms with Crippen LogP contribution in [0.15, 0.2) is 99.4 Å². The predicted molar refractivity (Wildman–Crippen MR) is 169 cm³/mol. The highest BCUT2D eigenvalue weighted by Gasteiger charge is 2.27. The summed E-state index contributed by atoms with van der Waals surface area (Å²) >= 11 is 15.8. The van der Waals surface area contributed by atoms with Crippen molar-refractivity contribution in [2.45, 2.75) is 18.4 Å². The Labute approximate surface area is 263 Å². The van der Waals surface area contributed by atoms with Gasteiger partial charge in [-0.15, -0.1) is 0 Å². The summed E-state index contributed by atoms with van der Waals surface area (Å²) in [6.07, 6.45) is 1.40. The summed E-state index contributed by atoms with van der Waals surface area (Å²) in [5, 5.41) is 4.93. The number of rotatable bonds is 11. The van der Waals surface area contributed by atoms with Crippen molar-refractivity contribution in [3.05, 3.63) is 116 Å². The second-order valence-electron chi connectivity index (χ2n) is 9.01. The van der Waals surface area contributed by atoms with Crippen LogP contribution in [0.4, 0.5) is 5.69 Å². The van der Waals surface area contributed by atoms with Gasteiger partial charge in [0.15, 0.2) is 11.5 Å². The average molecular weight is 691 g/mol. The van der Waals surface area contributed by atoms with E-state index in [0.717, 1.165) is 15.4 Å². The van der Waals surface area contributed by atoms with Gasteiger partial charge in [0.1, 0.15) is 13.2 Å². The summed E-state index contributed by atoms with van der Waals surface area (Å²) in [5.41, 5.74) is 4.94. The smallest absolute Gasteiger partial charge is 0.264 e. The molecule has 1 N–H and O–H groups in total. The van der Waals surface area contributed by atoms with Gasteiger partial charge in [-0.25, -0.2) is 13.8 Å². The maximum atomic E-state index is 13.5. The summed E-state index contributed by atoms with van der Waals surface area (Å²) < 4.78 is 40.0. The number of ether oxygens (including phenoxy) is 2. The van der Waals surface area contributed by atoms with Crippen molar-refractivity contribution in [2.75, 3.05) is 18.0 Å². The minimum atomic E-state index is -4.09. The molecule has 4 aromatic carbocycles. The fourth-order valence-corrected chi connectivity index (χ4v) is 6.21. The Morgan fingerprint density at radius 2 is 1.76 bits per heavy atom. The molecule has 0 aromatic heterocycles. The zero-order valence-corrected chi connectivity index (χ0v) is 26.5. The maximum absolute atomic E-state index is 13.5. The maximum Gasteiger partial charge on any atom is 0.264 e.